The smallest absolute Gasteiger partial charge is 0.264 e. The van der Waals surface area contributed by atoms with Gasteiger partial charge in [0.05, 0.1) is 10.6 Å². The predicted octanol–water partition coefficient (Wildman–Crippen LogP) is 6.22. The summed E-state index contributed by atoms with van der Waals surface area (Å²) in [7, 11) is -4.14. The highest BCUT2D eigenvalue weighted by atomic mass is 32.2. The first-order chi connectivity index (χ1) is 21.5. The lowest BCUT2D eigenvalue weighted by Gasteiger charge is -2.34. The van der Waals surface area contributed by atoms with Crippen molar-refractivity contribution in [3.05, 3.63) is 131 Å². The van der Waals surface area contributed by atoms with Gasteiger partial charge in [-0.1, -0.05) is 104 Å². The number of anilines is 1. The highest BCUT2D eigenvalue weighted by Gasteiger charge is 2.35. The van der Waals surface area contributed by atoms with E-state index in [2.05, 4.69) is 5.32 Å². The molecule has 0 heterocycles. The van der Waals surface area contributed by atoms with E-state index in [-0.39, 0.29) is 29.7 Å². The molecular weight excluding hydrogens is 582 g/mol. The lowest BCUT2D eigenvalue weighted by molar-refractivity contribution is -0.140. The summed E-state index contributed by atoms with van der Waals surface area (Å²) in [6, 6.07) is 30.2. The highest BCUT2D eigenvalue weighted by molar-refractivity contribution is 7.92. The van der Waals surface area contributed by atoms with E-state index in [1.807, 2.05) is 101 Å². The molecule has 4 rings (SSSR count). The van der Waals surface area contributed by atoms with E-state index >= 15 is 0 Å². The van der Waals surface area contributed by atoms with Crippen LogP contribution in [0.3, 0.4) is 0 Å². The summed E-state index contributed by atoms with van der Waals surface area (Å²) in [5.74, 6) is -0.543. The minimum absolute atomic E-state index is 0.0828. The Labute approximate surface area is 268 Å². The second kappa shape index (κ2) is 15.0. The molecule has 0 fully saturated rings. The van der Waals surface area contributed by atoms with E-state index in [0.717, 1.165) is 22.3 Å². The van der Waals surface area contributed by atoms with Crippen LogP contribution in [0.25, 0.3) is 0 Å². The van der Waals surface area contributed by atoms with Crippen molar-refractivity contribution >= 4 is 27.5 Å². The molecule has 236 valence electrons. The van der Waals surface area contributed by atoms with Gasteiger partial charge >= 0.3 is 0 Å². The van der Waals surface area contributed by atoms with Gasteiger partial charge in [0.2, 0.25) is 11.8 Å². The van der Waals surface area contributed by atoms with Gasteiger partial charge in [0.1, 0.15) is 12.6 Å². The van der Waals surface area contributed by atoms with Crippen LogP contribution >= 0.6 is 0 Å². The number of sulfonamides is 1. The lowest BCUT2D eigenvalue weighted by Crippen LogP contribution is -2.53. The van der Waals surface area contributed by atoms with Crippen LogP contribution in [-0.4, -0.2) is 44.3 Å². The molecule has 0 saturated heterocycles. The SMILES string of the molecule is Cc1cccc(CN(C(=O)CN(c2cc(C)ccc2C)S(=O)(=O)c2ccccc2)[C@H](Cc2ccccc2)C(=O)NCC(C)C)c1. The molecule has 2 amide bonds. The minimum Gasteiger partial charge on any atom is -0.354 e. The van der Waals surface area contributed by atoms with Gasteiger partial charge in [-0.25, -0.2) is 8.42 Å². The summed E-state index contributed by atoms with van der Waals surface area (Å²) in [5.41, 5.74) is 4.77. The number of carbonyl (C=O) groups is 2. The predicted molar refractivity (Wildman–Crippen MR) is 180 cm³/mol. The van der Waals surface area contributed by atoms with Crippen LogP contribution in [0.5, 0.6) is 0 Å². The van der Waals surface area contributed by atoms with Gasteiger partial charge in [-0.2, -0.15) is 0 Å². The number of amides is 2. The Kier molecular flexibility index (Phi) is 11.2. The van der Waals surface area contributed by atoms with Crippen molar-refractivity contribution in [2.45, 2.75) is 58.5 Å². The van der Waals surface area contributed by atoms with E-state index < -0.39 is 28.5 Å². The second-order valence-electron chi connectivity index (χ2n) is 12.0. The third-order valence-corrected chi connectivity index (χ3v) is 9.41. The van der Waals surface area contributed by atoms with Gasteiger partial charge in [-0.05, 0) is 67.1 Å². The third kappa shape index (κ3) is 8.82. The Hall–Kier alpha value is -4.43. The first-order valence-corrected chi connectivity index (χ1v) is 16.7. The first-order valence-electron chi connectivity index (χ1n) is 15.3. The van der Waals surface area contributed by atoms with Gasteiger partial charge in [0, 0.05) is 19.5 Å². The lowest BCUT2D eigenvalue weighted by atomic mass is 10.0. The summed E-state index contributed by atoms with van der Waals surface area (Å²) < 4.78 is 29.6. The van der Waals surface area contributed by atoms with Gasteiger partial charge in [-0.3, -0.25) is 13.9 Å². The molecule has 0 aromatic heterocycles. The Morgan fingerprint density at radius 2 is 1.38 bits per heavy atom. The monoisotopic (exact) mass is 625 g/mol. The fourth-order valence-corrected chi connectivity index (χ4v) is 6.70. The Bertz CT molecular complexity index is 1710. The standard InChI is InChI=1S/C37H43N3O4S/c1-27(2)24-38-37(42)35(23-31-14-8-6-9-15-31)39(25-32-16-12-13-28(3)21-32)36(41)26-40(34-22-29(4)19-20-30(34)5)45(43,44)33-17-10-7-11-18-33/h6-22,27,35H,23-26H2,1-5H3,(H,38,42)/t35-/m1/s1. The second-order valence-corrected chi connectivity index (χ2v) is 13.8. The topological polar surface area (TPSA) is 86.8 Å². The molecule has 0 unspecified atom stereocenters. The molecule has 0 bridgehead atoms. The summed E-state index contributed by atoms with van der Waals surface area (Å²) in [6.45, 7) is 9.83. The number of carbonyl (C=O) groups excluding carboxylic acids is 2. The molecular formula is C37H43N3O4S. The van der Waals surface area contributed by atoms with Crippen molar-refractivity contribution in [1.82, 2.24) is 10.2 Å². The summed E-state index contributed by atoms with van der Waals surface area (Å²) in [6.07, 6.45) is 0.275. The maximum atomic E-state index is 14.6. The Balaban J connectivity index is 1.82. The van der Waals surface area contributed by atoms with E-state index in [9.17, 15) is 18.0 Å². The van der Waals surface area contributed by atoms with Crippen LogP contribution in [0.4, 0.5) is 5.69 Å². The zero-order chi connectivity index (χ0) is 32.6. The third-order valence-electron chi connectivity index (χ3n) is 7.63. The molecule has 1 N–H and O–H groups in total. The van der Waals surface area contributed by atoms with Crippen molar-refractivity contribution < 1.29 is 18.0 Å². The van der Waals surface area contributed by atoms with Gasteiger partial charge in [-0.15, -0.1) is 0 Å². The van der Waals surface area contributed by atoms with Crippen LogP contribution in [0.1, 0.15) is 41.7 Å². The zero-order valence-electron chi connectivity index (χ0n) is 26.7. The van der Waals surface area contributed by atoms with Gasteiger partial charge in [0.25, 0.3) is 10.0 Å². The number of aryl methyl sites for hydroxylation is 3. The van der Waals surface area contributed by atoms with Gasteiger partial charge in [0.15, 0.2) is 0 Å². The number of benzene rings is 4. The van der Waals surface area contributed by atoms with Crippen molar-refractivity contribution in [3.63, 3.8) is 0 Å². The normalized spacial score (nSPS) is 12.0. The molecule has 0 radical (unpaired) electrons. The molecule has 4 aromatic rings. The molecule has 0 aliphatic heterocycles. The number of nitrogens with zero attached hydrogens (tertiary/aromatic N) is 2. The first kappa shape index (κ1) is 33.5. The van der Waals surface area contributed by atoms with Crippen LogP contribution in [-0.2, 0) is 32.6 Å². The Morgan fingerprint density at radius 3 is 2.02 bits per heavy atom. The Morgan fingerprint density at radius 1 is 0.756 bits per heavy atom. The zero-order valence-corrected chi connectivity index (χ0v) is 27.6. The van der Waals surface area contributed by atoms with E-state index in [4.69, 9.17) is 0 Å². The fraction of sp³-hybridized carbons (Fsp3) is 0.297. The number of rotatable bonds is 13. The molecule has 0 aliphatic carbocycles. The number of hydrogen-bond donors (Lipinski definition) is 1. The maximum Gasteiger partial charge on any atom is 0.264 e. The average Bonchev–Trinajstić information content (AvgIpc) is 3.02. The minimum atomic E-state index is -4.14. The molecule has 45 heavy (non-hydrogen) atoms. The van der Waals surface area contributed by atoms with Crippen LogP contribution in [0.2, 0.25) is 0 Å². The van der Waals surface area contributed by atoms with Crippen molar-refractivity contribution in [2.75, 3.05) is 17.4 Å². The van der Waals surface area contributed by atoms with Crippen molar-refractivity contribution in [1.29, 1.82) is 0 Å². The number of nitrogens with one attached hydrogen (secondary N) is 1. The summed E-state index contributed by atoms with van der Waals surface area (Å²) in [5, 5.41) is 3.03. The van der Waals surface area contributed by atoms with Crippen molar-refractivity contribution in [2.24, 2.45) is 5.92 Å². The quantitative estimate of drug-likeness (QED) is 0.191. The van der Waals surface area contributed by atoms with E-state index in [1.165, 1.54) is 21.3 Å². The van der Waals surface area contributed by atoms with E-state index in [1.54, 1.807) is 24.3 Å². The molecule has 4 aromatic carbocycles. The molecule has 0 spiro atoms. The highest BCUT2D eigenvalue weighted by Crippen LogP contribution is 2.29. The fourth-order valence-electron chi connectivity index (χ4n) is 5.20. The van der Waals surface area contributed by atoms with Crippen molar-refractivity contribution in [3.8, 4) is 0 Å². The van der Waals surface area contributed by atoms with E-state index in [0.29, 0.717) is 17.8 Å². The van der Waals surface area contributed by atoms with Crippen LogP contribution in [0.15, 0.2) is 108 Å². The van der Waals surface area contributed by atoms with Gasteiger partial charge < -0.3 is 10.2 Å². The molecule has 8 heteroatoms. The van der Waals surface area contributed by atoms with Crippen LogP contribution in [0, 0.1) is 26.7 Å². The molecule has 1 atom stereocenters. The molecule has 0 aliphatic rings. The molecule has 7 nitrogen and oxygen atoms in total. The molecule has 0 saturated carbocycles. The number of hydrogen-bond acceptors (Lipinski definition) is 4. The average molecular weight is 626 g/mol. The van der Waals surface area contributed by atoms with Crippen LogP contribution < -0.4 is 9.62 Å². The summed E-state index contributed by atoms with van der Waals surface area (Å²) >= 11 is 0. The maximum absolute atomic E-state index is 14.6. The largest absolute Gasteiger partial charge is 0.354 e. The summed E-state index contributed by atoms with van der Waals surface area (Å²) in [4.78, 5) is 30.1.